The normalized spacial score (nSPS) is 22.6. The molecule has 1 fully saturated rings. The number of hydrogen-bond donors (Lipinski definition) is 2. The predicted molar refractivity (Wildman–Crippen MR) is 105 cm³/mol. The van der Waals surface area contributed by atoms with Crippen molar-refractivity contribution in [3.63, 3.8) is 0 Å². The highest BCUT2D eigenvalue weighted by atomic mass is 16.4. The zero-order valence-corrected chi connectivity index (χ0v) is 15.8. The molecule has 6 nitrogen and oxygen atoms in total. The van der Waals surface area contributed by atoms with E-state index in [1.54, 1.807) is 12.4 Å². The highest BCUT2D eigenvalue weighted by Crippen LogP contribution is 2.31. The number of carbonyl (C=O) groups excluding carboxylic acids is 1. The van der Waals surface area contributed by atoms with Crippen molar-refractivity contribution in [2.45, 2.75) is 31.8 Å². The Hall–Kier alpha value is -2.73. The third-order valence-electron chi connectivity index (χ3n) is 5.93. The number of nitrogens with zero attached hydrogens (tertiary/aromatic N) is 2. The number of rotatable bonds is 5. The van der Waals surface area contributed by atoms with E-state index in [0.29, 0.717) is 26.1 Å². The maximum absolute atomic E-state index is 12.8. The van der Waals surface area contributed by atoms with Gasteiger partial charge in [0.05, 0.1) is 11.8 Å². The third-order valence-corrected chi connectivity index (χ3v) is 5.93. The largest absolute Gasteiger partial charge is 0.481 e. The summed E-state index contributed by atoms with van der Waals surface area (Å²) in [5, 5.41) is 12.6. The molecule has 1 aliphatic heterocycles. The highest BCUT2D eigenvalue weighted by molar-refractivity contribution is 5.80. The summed E-state index contributed by atoms with van der Waals surface area (Å²) in [6.07, 6.45) is 5.66. The molecule has 1 aromatic carbocycles. The Balaban J connectivity index is 1.42. The van der Waals surface area contributed by atoms with Crippen LogP contribution in [-0.4, -0.2) is 46.0 Å². The molecule has 4 rings (SSSR count). The number of nitrogens with one attached hydrogen (secondary N) is 1. The Morgan fingerprint density at radius 3 is 2.43 bits per heavy atom. The van der Waals surface area contributed by atoms with Gasteiger partial charge in [0, 0.05) is 38.1 Å². The lowest BCUT2D eigenvalue weighted by Crippen LogP contribution is -2.52. The van der Waals surface area contributed by atoms with Crippen molar-refractivity contribution >= 4 is 11.9 Å². The Morgan fingerprint density at radius 1 is 1.07 bits per heavy atom. The van der Waals surface area contributed by atoms with Crippen LogP contribution < -0.4 is 5.32 Å². The van der Waals surface area contributed by atoms with Gasteiger partial charge in [-0.2, -0.15) is 0 Å². The van der Waals surface area contributed by atoms with Gasteiger partial charge in [-0.05, 0) is 42.0 Å². The number of fused-ring (bicyclic) bond motifs is 1. The van der Waals surface area contributed by atoms with Crippen LogP contribution in [-0.2, 0) is 29.0 Å². The first-order valence-corrected chi connectivity index (χ1v) is 9.80. The summed E-state index contributed by atoms with van der Waals surface area (Å²) in [7, 11) is 0. The molecular formula is C22H25N3O3. The first-order chi connectivity index (χ1) is 13.6. The van der Waals surface area contributed by atoms with Gasteiger partial charge in [-0.1, -0.05) is 30.3 Å². The molecule has 0 radical (unpaired) electrons. The Labute approximate surface area is 164 Å². The molecule has 0 bridgehead atoms. The monoisotopic (exact) mass is 379 g/mol. The van der Waals surface area contributed by atoms with Crippen molar-refractivity contribution in [3.05, 3.63) is 65.5 Å². The third kappa shape index (κ3) is 4.07. The lowest BCUT2D eigenvalue weighted by molar-refractivity contribution is -0.146. The fraction of sp³-hybridized carbons (Fsp3) is 0.409. The van der Waals surface area contributed by atoms with Crippen molar-refractivity contribution in [1.82, 2.24) is 15.2 Å². The van der Waals surface area contributed by atoms with Crippen LogP contribution in [0.15, 0.2) is 48.8 Å². The molecule has 28 heavy (non-hydrogen) atoms. The molecule has 2 aliphatic rings. The Bertz CT molecular complexity index is 830. The van der Waals surface area contributed by atoms with E-state index >= 15 is 0 Å². The molecule has 2 aromatic rings. The van der Waals surface area contributed by atoms with Crippen LogP contribution in [0.4, 0.5) is 0 Å². The summed E-state index contributed by atoms with van der Waals surface area (Å²) in [4.78, 5) is 30.8. The number of carbonyl (C=O) groups is 2. The van der Waals surface area contributed by atoms with Gasteiger partial charge in [0.1, 0.15) is 0 Å². The average Bonchev–Trinajstić information content (AvgIpc) is 3.17. The molecule has 146 valence electrons. The molecule has 1 amide bonds. The summed E-state index contributed by atoms with van der Waals surface area (Å²) >= 11 is 0. The van der Waals surface area contributed by atoms with Crippen molar-refractivity contribution in [2.75, 3.05) is 13.1 Å². The number of piperidine rings is 1. The van der Waals surface area contributed by atoms with Crippen molar-refractivity contribution < 1.29 is 14.7 Å². The lowest BCUT2D eigenvalue weighted by atomic mass is 9.87. The topological polar surface area (TPSA) is 82.5 Å². The number of aliphatic carboxylic acids is 1. The second-order valence-electron chi connectivity index (χ2n) is 7.83. The number of carboxylic acid groups (broad SMARTS) is 1. The Kier molecular flexibility index (Phi) is 5.39. The molecule has 0 unspecified atom stereocenters. The minimum Gasteiger partial charge on any atom is -0.481 e. The van der Waals surface area contributed by atoms with E-state index in [2.05, 4.69) is 27.3 Å². The fourth-order valence-electron chi connectivity index (χ4n) is 4.43. The van der Waals surface area contributed by atoms with Crippen LogP contribution in [0.25, 0.3) is 0 Å². The molecule has 0 spiro atoms. The number of amides is 1. The molecular weight excluding hydrogens is 354 g/mol. The van der Waals surface area contributed by atoms with E-state index in [1.807, 2.05) is 24.3 Å². The predicted octanol–water partition coefficient (Wildman–Crippen LogP) is 1.89. The molecule has 0 saturated carbocycles. The highest BCUT2D eigenvalue weighted by Gasteiger charge is 2.39. The fourth-order valence-corrected chi connectivity index (χ4v) is 4.43. The number of hydrogen-bond acceptors (Lipinski definition) is 4. The van der Waals surface area contributed by atoms with Crippen molar-refractivity contribution in [2.24, 2.45) is 11.8 Å². The van der Waals surface area contributed by atoms with Crippen LogP contribution in [0.2, 0.25) is 0 Å². The van der Waals surface area contributed by atoms with Gasteiger partial charge in [0.2, 0.25) is 5.91 Å². The molecule has 1 aromatic heterocycles. The van der Waals surface area contributed by atoms with E-state index in [4.69, 9.17) is 0 Å². The van der Waals surface area contributed by atoms with Gasteiger partial charge < -0.3 is 10.4 Å². The summed E-state index contributed by atoms with van der Waals surface area (Å²) in [5.74, 6) is -1.71. The van der Waals surface area contributed by atoms with E-state index in [9.17, 15) is 14.7 Å². The molecule has 1 aliphatic carbocycles. The molecule has 2 heterocycles. The smallest absolute Gasteiger partial charge is 0.307 e. The van der Waals surface area contributed by atoms with Crippen molar-refractivity contribution in [1.29, 1.82) is 0 Å². The van der Waals surface area contributed by atoms with Crippen molar-refractivity contribution in [3.8, 4) is 0 Å². The molecule has 2 atom stereocenters. The maximum Gasteiger partial charge on any atom is 0.307 e. The quantitative estimate of drug-likeness (QED) is 0.829. The second-order valence-corrected chi connectivity index (χ2v) is 7.83. The minimum atomic E-state index is -0.815. The van der Waals surface area contributed by atoms with Gasteiger partial charge in [-0.3, -0.25) is 19.5 Å². The van der Waals surface area contributed by atoms with Gasteiger partial charge in [0.25, 0.3) is 0 Å². The lowest BCUT2D eigenvalue weighted by Gasteiger charge is -2.39. The number of benzene rings is 1. The SMILES string of the molecule is O=C(O)[C@H]1C[C@@H](C(=O)NCc2cccnc2)CN(C2Cc3ccccc3C2)C1. The molecule has 2 N–H and O–H groups in total. The summed E-state index contributed by atoms with van der Waals surface area (Å²) in [5.41, 5.74) is 3.61. The van der Waals surface area contributed by atoms with E-state index in [0.717, 1.165) is 18.4 Å². The van der Waals surface area contributed by atoms with Crippen LogP contribution in [0, 0.1) is 11.8 Å². The van der Waals surface area contributed by atoms with Gasteiger partial charge >= 0.3 is 5.97 Å². The minimum absolute atomic E-state index is 0.0738. The van der Waals surface area contributed by atoms with Crippen LogP contribution in [0.5, 0.6) is 0 Å². The number of carboxylic acids is 1. The van der Waals surface area contributed by atoms with Gasteiger partial charge in [-0.15, -0.1) is 0 Å². The maximum atomic E-state index is 12.8. The number of pyridine rings is 1. The van der Waals surface area contributed by atoms with E-state index in [-0.39, 0.29) is 17.9 Å². The summed E-state index contributed by atoms with van der Waals surface area (Å²) in [6.45, 7) is 1.54. The first kappa shape index (κ1) is 18.6. The summed E-state index contributed by atoms with van der Waals surface area (Å²) < 4.78 is 0. The Morgan fingerprint density at radius 2 is 1.79 bits per heavy atom. The molecule has 6 heteroatoms. The van der Waals surface area contributed by atoms with Crippen LogP contribution in [0.1, 0.15) is 23.1 Å². The van der Waals surface area contributed by atoms with E-state index in [1.165, 1.54) is 11.1 Å². The zero-order chi connectivity index (χ0) is 19.5. The number of aromatic nitrogens is 1. The van der Waals surface area contributed by atoms with Gasteiger partial charge in [0.15, 0.2) is 0 Å². The average molecular weight is 379 g/mol. The second kappa shape index (κ2) is 8.10. The van der Waals surface area contributed by atoms with Crippen LogP contribution in [0.3, 0.4) is 0 Å². The molecule has 1 saturated heterocycles. The standard InChI is InChI=1S/C22H25N3O3/c26-21(24-12-15-4-3-7-23-11-15)18-8-19(22(27)28)14-25(13-18)20-9-16-5-1-2-6-17(16)10-20/h1-7,11,18-20H,8-10,12-14H2,(H,24,26)(H,27,28)/t18-,19+/m1/s1. The first-order valence-electron chi connectivity index (χ1n) is 9.80. The summed E-state index contributed by atoms with van der Waals surface area (Å²) in [6, 6.07) is 12.4. The van der Waals surface area contributed by atoms with Crippen LogP contribution >= 0.6 is 0 Å². The zero-order valence-electron chi connectivity index (χ0n) is 15.8. The van der Waals surface area contributed by atoms with E-state index < -0.39 is 11.9 Å². The van der Waals surface area contributed by atoms with Gasteiger partial charge in [-0.25, -0.2) is 0 Å². The number of likely N-dealkylation sites (tertiary alicyclic amines) is 1.